The molecule has 0 saturated carbocycles. The second-order valence-electron chi connectivity index (χ2n) is 4.93. The molecule has 0 radical (unpaired) electrons. The summed E-state index contributed by atoms with van der Waals surface area (Å²) >= 11 is 0. The van der Waals surface area contributed by atoms with Crippen molar-refractivity contribution < 1.29 is 40.1 Å². The van der Waals surface area contributed by atoms with Crippen LogP contribution >= 0.6 is 0 Å². The van der Waals surface area contributed by atoms with E-state index >= 15 is 0 Å². The van der Waals surface area contributed by atoms with Gasteiger partial charge in [0.25, 0.3) is 0 Å². The molecule has 6 N–H and O–H groups in total. The largest absolute Gasteiger partial charge is 0.396 e. The van der Waals surface area contributed by atoms with E-state index in [0.717, 1.165) is 0 Å². The Labute approximate surface area is 117 Å². The Hall–Kier alpha value is -0.320. The summed E-state index contributed by atoms with van der Waals surface area (Å²) < 4.78 is 10.8. The van der Waals surface area contributed by atoms with Crippen LogP contribution in [-0.2, 0) is 9.47 Å². The van der Waals surface area contributed by atoms with E-state index in [1.54, 1.807) is 0 Å². The predicted molar refractivity (Wildman–Crippen MR) is 66.7 cm³/mol. The molecule has 120 valence electrons. The van der Waals surface area contributed by atoms with Crippen molar-refractivity contribution >= 4 is 0 Å². The molecule has 0 aromatic rings. The molecule has 1 rings (SSSR count). The molecule has 0 aromatic carbocycles. The first kappa shape index (κ1) is 17.7. The highest BCUT2D eigenvalue weighted by Gasteiger charge is 2.35. The van der Waals surface area contributed by atoms with Gasteiger partial charge in [0, 0.05) is 19.4 Å². The molecule has 0 aliphatic carbocycles. The fraction of sp³-hybridized carbons (Fsp3) is 1.00. The van der Waals surface area contributed by atoms with Gasteiger partial charge < -0.3 is 40.1 Å². The molecule has 0 amide bonds. The van der Waals surface area contributed by atoms with Crippen molar-refractivity contribution in [3.05, 3.63) is 0 Å². The van der Waals surface area contributed by atoms with Crippen molar-refractivity contribution in [1.82, 2.24) is 0 Å². The van der Waals surface area contributed by atoms with E-state index < -0.39 is 43.4 Å². The smallest absolute Gasteiger partial charge is 0.161 e. The molecule has 1 fully saturated rings. The van der Waals surface area contributed by atoms with Gasteiger partial charge in [0.15, 0.2) is 6.29 Å². The fourth-order valence-electron chi connectivity index (χ4n) is 2.17. The van der Waals surface area contributed by atoms with E-state index in [-0.39, 0.29) is 32.5 Å². The van der Waals surface area contributed by atoms with Gasteiger partial charge in [-0.05, 0) is 6.42 Å². The average Bonchev–Trinajstić information content (AvgIpc) is 2.43. The molecule has 0 aromatic heterocycles. The van der Waals surface area contributed by atoms with Crippen LogP contribution in [0.5, 0.6) is 0 Å². The molecule has 1 saturated heterocycles. The van der Waals surface area contributed by atoms with Crippen molar-refractivity contribution in [2.24, 2.45) is 0 Å². The first-order valence-electron chi connectivity index (χ1n) is 6.69. The molecule has 0 bridgehead atoms. The molecule has 0 spiro atoms. The van der Waals surface area contributed by atoms with Gasteiger partial charge in [-0.1, -0.05) is 0 Å². The summed E-state index contributed by atoms with van der Waals surface area (Å²) in [5.74, 6) is 0. The first-order valence-corrected chi connectivity index (χ1v) is 6.69. The summed E-state index contributed by atoms with van der Waals surface area (Å²) in [5, 5.41) is 55.9. The zero-order valence-corrected chi connectivity index (χ0v) is 11.2. The van der Waals surface area contributed by atoms with Gasteiger partial charge in [0.1, 0.15) is 12.2 Å². The summed E-state index contributed by atoms with van der Waals surface area (Å²) in [4.78, 5) is 0. The number of rotatable bonds is 8. The average molecular weight is 296 g/mol. The van der Waals surface area contributed by atoms with E-state index in [1.165, 1.54) is 0 Å². The molecule has 6 atom stereocenters. The van der Waals surface area contributed by atoms with Gasteiger partial charge in [0.2, 0.25) is 0 Å². The minimum atomic E-state index is -1.34. The zero-order chi connectivity index (χ0) is 15.1. The highest BCUT2D eigenvalue weighted by Crippen LogP contribution is 2.23. The van der Waals surface area contributed by atoms with Crippen LogP contribution in [0.25, 0.3) is 0 Å². The van der Waals surface area contributed by atoms with Crippen molar-refractivity contribution in [2.45, 2.75) is 56.1 Å². The molecule has 8 nitrogen and oxygen atoms in total. The minimum Gasteiger partial charge on any atom is -0.396 e. The third-order valence-electron chi connectivity index (χ3n) is 3.23. The van der Waals surface area contributed by atoms with Gasteiger partial charge in [0.05, 0.1) is 31.5 Å². The molecule has 8 heteroatoms. The Kier molecular flexibility index (Phi) is 7.85. The van der Waals surface area contributed by atoms with Gasteiger partial charge in [-0.3, -0.25) is 0 Å². The van der Waals surface area contributed by atoms with Gasteiger partial charge in [-0.25, -0.2) is 0 Å². The number of hydrogen-bond donors (Lipinski definition) is 6. The van der Waals surface area contributed by atoms with Crippen molar-refractivity contribution in [2.75, 3.05) is 19.8 Å². The Balaban J connectivity index is 2.63. The lowest BCUT2D eigenvalue weighted by Crippen LogP contribution is -2.48. The molecule has 20 heavy (non-hydrogen) atoms. The van der Waals surface area contributed by atoms with Crippen molar-refractivity contribution in [3.63, 3.8) is 0 Å². The zero-order valence-electron chi connectivity index (χ0n) is 11.2. The Morgan fingerprint density at radius 1 is 1.10 bits per heavy atom. The summed E-state index contributed by atoms with van der Waals surface area (Å²) in [5.41, 5.74) is 0. The van der Waals surface area contributed by atoms with Crippen molar-refractivity contribution in [1.29, 1.82) is 0 Å². The first-order chi connectivity index (χ1) is 9.51. The summed E-state index contributed by atoms with van der Waals surface area (Å²) in [6, 6.07) is 0. The summed E-state index contributed by atoms with van der Waals surface area (Å²) in [6.45, 7) is -1.19. The lowest BCUT2D eigenvalue weighted by molar-refractivity contribution is -0.265. The van der Waals surface area contributed by atoms with Gasteiger partial charge in [-0.15, -0.1) is 0 Å². The fourth-order valence-corrected chi connectivity index (χ4v) is 2.17. The van der Waals surface area contributed by atoms with E-state index in [0.29, 0.717) is 0 Å². The van der Waals surface area contributed by atoms with Gasteiger partial charge in [-0.2, -0.15) is 0 Å². The lowest BCUT2D eigenvalue weighted by Gasteiger charge is -2.36. The second-order valence-corrected chi connectivity index (χ2v) is 4.93. The SMILES string of the molecule is OCC[C@@H](O)[C@H](O[C@@H]1C[C@@H](O)C[C@@H](CO)O1)[C@H](O)CO. The molecule has 1 aliphatic rings. The maximum atomic E-state index is 9.81. The van der Waals surface area contributed by atoms with Crippen LogP contribution in [0, 0.1) is 0 Å². The second kappa shape index (κ2) is 8.85. The number of aliphatic hydroxyl groups is 6. The highest BCUT2D eigenvalue weighted by molar-refractivity contribution is 4.80. The lowest BCUT2D eigenvalue weighted by atomic mass is 10.0. The molecule has 0 unspecified atom stereocenters. The number of aliphatic hydroxyl groups excluding tert-OH is 6. The van der Waals surface area contributed by atoms with Gasteiger partial charge >= 0.3 is 0 Å². The van der Waals surface area contributed by atoms with Crippen LogP contribution in [0.2, 0.25) is 0 Å². The molecular formula is C12H24O8. The monoisotopic (exact) mass is 296 g/mol. The minimum absolute atomic E-state index is 0.0274. The van der Waals surface area contributed by atoms with E-state index in [2.05, 4.69) is 0 Å². The summed E-state index contributed by atoms with van der Waals surface area (Å²) in [6.07, 6.45) is -5.49. The van der Waals surface area contributed by atoms with Crippen molar-refractivity contribution in [3.8, 4) is 0 Å². The molecular weight excluding hydrogens is 272 g/mol. The Morgan fingerprint density at radius 2 is 1.80 bits per heavy atom. The van der Waals surface area contributed by atoms with Crippen LogP contribution < -0.4 is 0 Å². The van der Waals surface area contributed by atoms with Crippen LogP contribution in [-0.4, -0.2) is 87.3 Å². The van der Waals surface area contributed by atoms with Crippen LogP contribution in [0.4, 0.5) is 0 Å². The van der Waals surface area contributed by atoms with E-state index in [4.69, 9.17) is 24.8 Å². The number of ether oxygens (including phenoxy) is 2. The normalized spacial score (nSPS) is 31.8. The van der Waals surface area contributed by atoms with E-state index in [1.807, 2.05) is 0 Å². The maximum Gasteiger partial charge on any atom is 0.161 e. The van der Waals surface area contributed by atoms with Crippen LogP contribution in [0.15, 0.2) is 0 Å². The Bertz CT molecular complexity index is 264. The Morgan fingerprint density at radius 3 is 2.35 bits per heavy atom. The quantitative estimate of drug-likeness (QED) is 0.285. The van der Waals surface area contributed by atoms with Crippen LogP contribution in [0.1, 0.15) is 19.3 Å². The predicted octanol–water partition coefficient (Wildman–Crippen LogP) is -2.67. The number of hydrogen-bond acceptors (Lipinski definition) is 8. The third-order valence-corrected chi connectivity index (χ3v) is 3.23. The topological polar surface area (TPSA) is 140 Å². The molecule has 1 aliphatic heterocycles. The third kappa shape index (κ3) is 5.23. The standard InChI is InChI=1S/C12H24O8/c13-2-1-9(17)12(10(18)6-15)20-11-4-7(16)3-8(5-14)19-11/h7-18H,1-6H2/t7-,8-,9+,10+,11+,12-/m0/s1. The molecule has 1 heterocycles. The summed E-state index contributed by atoms with van der Waals surface area (Å²) in [7, 11) is 0. The van der Waals surface area contributed by atoms with Crippen LogP contribution in [0.3, 0.4) is 0 Å². The highest BCUT2D eigenvalue weighted by atomic mass is 16.7. The maximum absolute atomic E-state index is 9.81. The van der Waals surface area contributed by atoms with E-state index in [9.17, 15) is 15.3 Å².